The third kappa shape index (κ3) is 3.75. The van der Waals surface area contributed by atoms with Gasteiger partial charge in [0.1, 0.15) is 17.1 Å². The van der Waals surface area contributed by atoms with Crippen molar-refractivity contribution in [3.63, 3.8) is 0 Å². The molecule has 0 saturated carbocycles. The van der Waals surface area contributed by atoms with Gasteiger partial charge in [0.2, 0.25) is 0 Å². The number of halogens is 3. The fraction of sp³-hybridized carbons (Fsp3) is 0.550. The minimum Gasteiger partial charge on any atom is -0.506 e. The van der Waals surface area contributed by atoms with Crippen LogP contribution in [0.4, 0.5) is 19.0 Å². The SMILES string of the molecule is Cc1c(NC2CCCN3CCCC23)nnc(-c2ncc(C(F)(F)F)cc2O)c1C. The van der Waals surface area contributed by atoms with Crippen molar-refractivity contribution < 1.29 is 18.3 Å². The highest BCUT2D eigenvalue weighted by atomic mass is 19.4. The molecular formula is C20H24F3N5O. The molecule has 2 N–H and O–H groups in total. The van der Waals surface area contributed by atoms with Crippen LogP contribution < -0.4 is 5.32 Å². The first kappa shape index (κ1) is 19.9. The monoisotopic (exact) mass is 407 g/mol. The smallest absolute Gasteiger partial charge is 0.418 e. The molecule has 4 rings (SSSR count). The minimum absolute atomic E-state index is 0.00251. The number of pyridine rings is 1. The van der Waals surface area contributed by atoms with Gasteiger partial charge in [-0.2, -0.15) is 13.2 Å². The Balaban J connectivity index is 1.61. The highest BCUT2D eigenvalue weighted by molar-refractivity contribution is 5.68. The zero-order chi connectivity index (χ0) is 20.8. The van der Waals surface area contributed by atoms with E-state index in [1.165, 1.54) is 12.8 Å². The molecule has 0 amide bonds. The van der Waals surface area contributed by atoms with Crippen LogP contribution >= 0.6 is 0 Å². The van der Waals surface area contributed by atoms with Crippen molar-refractivity contribution in [3.05, 3.63) is 29.0 Å². The number of piperidine rings is 1. The summed E-state index contributed by atoms with van der Waals surface area (Å²) in [6, 6.07) is 1.48. The Bertz CT molecular complexity index is 918. The Morgan fingerprint density at radius 3 is 2.48 bits per heavy atom. The van der Waals surface area contributed by atoms with Crippen LogP contribution in [0.15, 0.2) is 12.3 Å². The van der Waals surface area contributed by atoms with Crippen LogP contribution in [-0.4, -0.2) is 50.4 Å². The van der Waals surface area contributed by atoms with Gasteiger partial charge in [0, 0.05) is 18.3 Å². The molecule has 2 aliphatic rings. The summed E-state index contributed by atoms with van der Waals surface area (Å²) in [5, 5.41) is 22.1. The molecule has 2 aromatic rings. The normalized spacial score (nSPS) is 22.5. The van der Waals surface area contributed by atoms with Crippen molar-refractivity contribution in [2.75, 3.05) is 18.4 Å². The molecule has 29 heavy (non-hydrogen) atoms. The largest absolute Gasteiger partial charge is 0.506 e. The molecule has 0 aromatic carbocycles. The number of fused-ring (bicyclic) bond motifs is 1. The van der Waals surface area contributed by atoms with Crippen LogP contribution in [0.5, 0.6) is 5.75 Å². The minimum atomic E-state index is -4.57. The van der Waals surface area contributed by atoms with E-state index >= 15 is 0 Å². The first-order chi connectivity index (χ1) is 13.8. The standard InChI is InChI=1S/C20H24F3N5O/c1-11-12(2)19(25-14-5-3-7-28-8-4-6-15(14)28)27-26-17(11)18-16(29)9-13(10-24-18)20(21,22)23/h9-10,14-15,29H,3-8H2,1-2H3,(H,25,27). The number of nitrogens with one attached hydrogen (secondary N) is 1. The Labute approximate surface area is 167 Å². The van der Waals surface area contributed by atoms with E-state index in [1.54, 1.807) is 0 Å². The highest BCUT2D eigenvalue weighted by Crippen LogP contribution is 2.36. The van der Waals surface area contributed by atoms with Crippen molar-refractivity contribution in [1.82, 2.24) is 20.1 Å². The van der Waals surface area contributed by atoms with Crippen LogP contribution in [0.25, 0.3) is 11.4 Å². The Kier molecular flexibility index (Phi) is 5.10. The predicted molar refractivity (Wildman–Crippen MR) is 103 cm³/mol. The number of hydrogen-bond acceptors (Lipinski definition) is 6. The number of aromatic nitrogens is 3. The summed E-state index contributed by atoms with van der Waals surface area (Å²) < 4.78 is 38.5. The number of alkyl halides is 3. The van der Waals surface area contributed by atoms with Gasteiger partial charge in [-0.1, -0.05) is 0 Å². The summed E-state index contributed by atoms with van der Waals surface area (Å²) in [7, 11) is 0. The Hall–Kier alpha value is -2.42. The van der Waals surface area contributed by atoms with Crippen LogP contribution in [0.3, 0.4) is 0 Å². The van der Waals surface area contributed by atoms with Gasteiger partial charge in [-0.3, -0.25) is 4.90 Å². The molecule has 2 unspecified atom stereocenters. The second-order valence-corrected chi connectivity index (χ2v) is 7.88. The van der Waals surface area contributed by atoms with E-state index in [4.69, 9.17) is 0 Å². The molecule has 0 aliphatic carbocycles. The van der Waals surface area contributed by atoms with E-state index in [9.17, 15) is 18.3 Å². The summed E-state index contributed by atoms with van der Waals surface area (Å²) in [5.74, 6) is 0.114. The van der Waals surface area contributed by atoms with Gasteiger partial charge in [0.15, 0.2) is 5.82 Å². The van der Waals surface area contributed by atoms with Crippen LogP contribution in [0.1, 0.15) is 42.4 Å². The van der Waals surface area contributed by atoms with E-state index < -0.39 is 17.5 Å². The van der Waals surface area contributed by atoms with E-state index in [0.717, 1.165) is 37.1 Å². The first-order valence-corrected chi connectivity index (χ1v) is 9.86. The molecular weight excluding hydrogens is 383 g/mol. The molecule has 6 nitrogen and oxygen atoms in total. The van der Waals surface area contributed by atoms with E-state index in [-0.39, 0.29) is 11.4 Å². The van der Waals surface area contributed by atoms with Gasteiger partial charge in [-0.25, -0.2) is 4.98 Å². The summed E-state index contributed by atoms with van der Waals surface area (Å²) >= 11 is 0. The molecule has 2 saturated heterocycles. The molecule has 0 radical (unpaired) electrons. The number of hydrogen-bond donors (Lipinski definition) is 2. The van der Waals surface area contributed by atoms with Crippen LogP contribution in [0, 0.1) is 13.8 Å². The molecule has 0 bridgehead atoms. The van der Waals surface area contributed by atoms with Gasteiger partial charge >= 0.3 is 6.18 Å². The highest BCUT2D eigenvalue weighted by Gasteiger charge is 2.35. The third-order valence-corrected chi connectivity index (χ3v) is 6.10. The molecule has 0 spiro atoms. The van der Waals surface area contributed by atoms with Gasteiger partial charge in [-0.05, 0) is 69.8 Å². The molecule has 2 atom stereocenters. The van der Waals surface area contributed by atoms with E-state index in [1.807, 2.05) is 13.8 Å². The van der Waals surface area contributed by atoms with Crippen LogP contribution in [-0.2, 0) is 6.18 Å². The molecule has 4 heterocycles. The van der Waals surface area contributed by atoms with Crippen molar-refractivity contribution >= 4 is 5.82 Å². The molecule has 2 aliphatic heterocycles. The molecule has 156 valence electrons. The second-order valence-electron chi connectivity index (χ2n) is 7.88. The lowest BCUT2D eigenvalue weighted by Crippen LogP contribution is -2.47. The number of aromatic hydroxyl groups is 1. The average Bonchev–Trinajstić information content (AvgIpc) is 3.15. The first-order valence-electron chi connectivity index (χ1n) is 9.86. The summed E-state index contributed by atoms with van der Waals surface area (Å²) in [4.78, 5) is 6.33. The summed E-state index contributed by atoms with van der Waals surface area (Å²) in [5.41, 5.74) is 0.857. The second kappa shape index (κ2) is 7.44. The predicted octanol–water partition coefficient (Wildman–Crippen LogP) is 3.92. The van der Waals surface area contributed by atoms with Gasteiger partial charge in [0.05, 0.1) is 5.56 Å². The van der Waals surface area contributed by atoms with E-state index in [2.05, 4.69) is 25.4 Å². The molecule has 9 heteroatoms. The number of rotatable bonds is 3. The van der Waals surface area contributed by atoms with Crippen molar-refractivity contribution in [1.29, 1.82) is 0 Å². The lowest BCUT2D eigenvalue weighted by Gasteiger charge is -2.37. The lowest BCUT2D eigenvalue weighted by molar-refractivity contribution is -0.137. The number of anilines is 1. The maximum absolute atomic E-state index is 12.8. The third-order valence-electron chi connectivity index (χ3n) is 6.10. The van der Waals surface area contributed by atoms with Crippen LogP contribution in [0.2, 0.25) is 0 Å². The maximum Gasteiger partial charge on any atom is 0.418 e. The topological polar surface area (TPSA) is 74.2 Å². The van der Waals surface area contributed by atoms with Crippen molar-refractivity contribution in [2.45, 2.75) is 57.8 Å². The maximum atomic E-state index is 12.8. The van der Waals surface area contributed by atoms with E-state index in [0.29, 0.717) is 30.2 Å². The number of nitrogens with zero attached hydrogens (tertiary/aromatic N) is 4. The zero-order valence-corrected chi connectivity index (χ0v) is 16.4. The summed E-state index contributed by atoms with van der Waals surface area (Å²) in [6.45, 7) is 5.99. The summed E-state index contributed by atoms with van der Waals surface area (Å²) in [6.07, 6.45) is 0.732. The van der Waals surface area contributed by atoms with Gasteiger partial charge < -0.3 is 10.4 Å². The van der Waals surface area contributed by atoms with Gasteiger partial charge in [-0.15, -0.1) is 10.2 Å². The fourth-order valence-corrected chi connectivity index (χ4v) is 4.39. The molecule has 2 fully saturated rings. The fourth-order valence-electron chi connectivity index (χ4n) is 4.39. The Morgan fingerprint density at radius 2 is 1.79 bits per heavy atom. The molecule has 2 aromatic heterocycles. The Morgan fingerprint density at radius 1 is 1.07 bits per heavy atom. The average molecular weight is 407 g/mol. The van der Waals surface area contributed by atoms with Gasteiger partial charge in [0.25, 0.3) is 0 Å². The van der Waals surface area contributed by atoms with Crippen molar-refractivity contribution in [3.8, 4) is 17.1 Å². The lowest BCUT2D eigenvalue weighted by atomic mass is 9.96. The van der Waals surface area contributed by atoms with Crippen molar-refractivity contribution in [2.24, 2.45) is 0 Å². The zero-order valence-electron chi connectivity index (χ0n) is 16.4. The quantitative estimate of drug-likeness (QED) is 0.804.